The Morgan fingerprint density at radius 2 is 2.05 bits per heavy atom. The Hall–Kier alpha value is -3.73. The van der Waals surface area contributed by atoms with Crippen molar-refractivity contribution >= 4 is 40.3 Å². The molecule has 4 aromatic rings. The standard InChI is InChI=1S/C27H28FN5O4S/c1-26(2,3)37-25(35)32-9-8-27(14-32)11-17(12-27)33-19-5-4-16(28)10-18(19)30-24(33)31-23(34)22-7-6-21(38-22)20-13-29-15-36-20/h4-7,10,13,15,17H,8-9,11-12,14H2,1-3H3,(H,30,31,34)/t17-,27-. The van der Waals surface area contributed by atoms with Gasteiger partial charge in [-0.1, -0.05) is 0 Å². The van der Waals surface area contributed by atoms with Crippen LogP contribution in [-0.4, -0.2) is 50.1 Å². The van der Waals surface area contributed by atoms with Crippen molar-refractivity contribution in [3.8, 4) is 10.6 Å². The maximum atomic E-state index is 14.0. The average Bonchev–Trinajstić information content (AvgIpc) is 3.61. The number of ether oxygens (including phenoxy) is 1. The Balaban J connectivity index is 1.22. The van der Waals surface area contributed by atoms with Crippen molar-refractivity contribution in [3.05, 3.63) is 53.6 Å². The molecular formula is C27H28FN5O4S. The number of aromatic nitrogens is 3. The minimum absolute atomic E-state index is 0.000790. The van der Waals surface area contributed by atoms with E-state index in [0.29, 0.717) is 35.2 Å². The highest BCUT2D eigenvalue weighted by Crippen LogP contribution is 2.55. The lowest BCUT2D eigenvalue weighted by molar-refractivity contribution is 0.0199. The van der Waals surface area contributed by atoms with E-state index in [1.807, 2.05) is 31.4 Å². The maximum absolute atomic E-state index is 14.0. The molecule has 0 unspecified atom stereocenters. The van der Waals surface area contributed by atoms with E-state index in [1.165, 1.54) is 29.9 Å². The molecule has 1 aliphatic carbocycles. The van der Waals surface area contributed by atoms with Gasteiger partial charge >= 0.3 is 6.09 Å². The van der Waals surface area contributed by atoms with Crippen LogP contribution >= 0.6 is 11.3 Å². The number of carbonyl (C=O) groups is 2. The molecule has 0 bridgehead atoms. The first kappa shape index (κ1) is 24.6. The quantitative estimate of drug-likeness (QED) is 0.337. The van der Waals surface area contributed by atoms with Crippen LogP contribution in [0.2, 0.25) is 0 Å². The molecule has 2 aliphatic rings. The predicted octanol–water partition coefficient (Wildman–Crippen LogP) is 6.11. The van der Waals surface area contributed by atoms with Gasteiger partial charge in [-0.05, 0) is 69.7 Å². The normalized spacial score (nSPS) is 21.2. The van der Waals surface area contributed by atoms with Gasteiger partial charge in [-0.25, -0.2) is 19.2 Å². The summed E-state index contributed by atoms with van der Waals surface area (Å²) in [6, 6.07) is 8.09. The van der Waals surface area contributed by atoms with Crippen LogP contribution in [0.25, 0.3) is 21.7 Å². The fourth-order valence-corrected chi connectivity index (χ4v) is 6.35. The lowest BCUT2D eigenvalue weighted by Crippen LogP contribution is -2.43. The number of hydrogen-bond acceptors (Lipinski definition) is 7. The van der Waals surface area contributed by atoms with Crippen LogP contribution in [0.5, 0.6) is 0 Å². The van der Waals surface area contributed by atoms with E-state index in [1.54, 1.807) is 23.2 Å². The van der Waals surface area contributed by atoms with Gasteiger partial charge < -0.3 is 18.6 Å². The van der Waals surface area contributed by atoms with Crippen molar-refractivity contribution in [2.24, 2.45) is 5.41 Å². The summed E-state index contributed by atoms with van der Waals surface area (Å²) in [4.78, 5) is 37.3. The van der Waals surface area contributed by atoms with Gasteiger partial charge in [0.25, 0.3) is 5.91 Å². The van der Waals surface area contributed by atoms with Crippen LogP contribution < -0.4 is 5.32 Å². The molecule has 38 heavy (non-hydrogen) atoms. The summed E-state index contributed by atoms with van der Waals surface area (Å²) in [5.74, 6) is 0.285. The number of anilines is 1. The molecule has 0 atom stereocenters. The van der Waals surface area contributed by atoms with Crippen LogP contribution in [-0.2, 0) is 4.74 Å². The maximum Gasteiger partial charge on any atom is 0.410 e. The number of thiophene rings is 1. The molecule has 0 radical (unpaired) electrons. The Labute approximate surface area is 222 Å². The highest BCUT2D eigenvalue weighted by Gasteiger charge is 2.51. The number of rotatable bonds is 4. The Kier molecular flexibility index (Phi) is 5.78. The van der Waals surface area contributed by atoms with Gasteiger partial charge in [-0.15, -0.1) is 11.3 Å². The van der Waals surface area contributed by atoms with Crippen molar-refractivity contribution in [3.63, 3.8) is 0 Å². The van der Waals surface area contributed by atoms with Crippen molar-refractivity contribution in [1.82, 2.24) is 19.4 Å². The van der Waals surface area contributed by atoms with Gasteiger partial charge in [-0.3, -0.25) is 10.1 Å². The first-order valence-electron chi connectivity index (χ1n) is 12.5. The number of amides is 2. The van der Waals surface area contributed by atoms with Gasteiger partial charge in [0, 0.05) is 25.2 Å². The van der Waals surface area contributed by atoms with E-state index < -0.39 is 5.60 Å². The highest BCUT2D eigenvalue weighted by molar-refractivity contribution is 7.17. The summed E-state index contributed by atoms with van der Waals surface area (Å²) in [7, 11) is 0. The summed E-state index contributed by atoms with van der Waals surface area (Å²) in [5, 5.41) is 2.95. The number of carbonyl (C=O) groups excluding carboxylic acids is 2. The zero-order valence-corrected chi connectivity index (χ0v) is 22.2. The number of hydrogen-bond donors (Lipinski definition) is 1. The third-order valence-corrected chi connectivity index (χ3v) is 8.27. The number of nitrogens with zero attached hydrogens (tertiary/aromatic N) is 4. The molecule has 3 aromatic heterocycles. The number of likely N-dealkylation sites (tertiary alicyclic amines) is 1. The number of fused-ring (bicyclic) bond motifs is 1. The molecule has 6 rings (SSSR count). The van der Waals surface area contributed by atoms with E-state index in [9.17, 15) is 14.0 Å². The number of imidazole rings is 1. The van der Waals surface area contributed by atoms with Crippen LogP contribution in [0, 0.1) is 11.2 Å². The number of halogens is 1. The van der Waals surface area contributed by atoms with Gasteiger partial charge in [0.1, 0.15) is 11.4 Å². The molecule has 1 N–H and O–H groups in total. The fraction of sp³-hybridized carbons (Fsp3) is 0.407. The summed E-state index contributed by atoms with van der Waals surface area (Å²) in [6.45, 7) is 6.90. The van der Waals surface area contributed by atoms with E-state index in [2.05, 4.69) is 15.3 Å². The summed E-state index contributed by atoms with van der Waals surface area (Å²) in [5.41, 5.74) is 0.707. The van der Waals surface area contributed by atoms with E-state index in [4.69, 9.17) is 9.15 Å². The zero-order chi connectivity index (χ0) is 26.7. The van der Waals surface area contributed by atoms with E-state index >= 15 is 0 Å². The third kappa shape index (κ3) is 4.55. The lowest BCUT2D eigenvalue weighted by atomic mass is 9.65. The summed E-state index contributed by atoms with van der Waals surface area (Å²) >= 11 is 1.29. The lowest BCUT2D eigenvalue weighted by Gasteiger charge is -2.46. The number of oxazole rings is 1. The summed E-state index contributed by atoms with van der Waals surface area (Å²) < 4.78 is 26.9. The number of nitrogens with one attached hydrogen (secondary N) is 1. The molecule has 4 heterocycles. The minimum Gasteiger partial charge on any atom is -0.444 e. The highest BCUT2D eigenvalue weighted by atomic mass is 32.1. The van der Waals surface area contributed by atoms with Crippen molar-refractivity contribution in [1.29, 1.82) is 0 Å². The first-order valence-corrected chi connectivity index (χ1v) is 13.4. The fourth-order valence-electron chi connectivity index (χ4n) is 5.50. The molecular weight excluding hydrogens is 509 g/mol. The SMILES string of the molecule is CC(C)(C)OC(=O)N1CC[C@]2(C1)C[C@H](n1c(NC(=O)c3ccc(-c4cnco4)s3)nc3cc(F)ccc31)C2. The Bertz CT molecular complexity index is 1510. The second-order valence-corrected chi connectivity index (χ2v) is 12.2. The second kappa shape index (κ2) is 8.93. The topological polar surface area (TPSA) is 102 Å². The van der Waals surface area contributed by atoms with E-state index in [-0.39, 0.29) is 29.3 Å². The second-order valence-electron chi connectivity index (χ2n) is 11.1. The largest absolute Gasteiger partial charge is 0.444 e. The first-order chi connectivity index (χ1) is 18.1. The minimum atomic E-state index is -0.536. The number of benzene rings is 1. The summed E-state index contributed by atoms with van der Waals surface area (Å²) in [6.07, 6.45) is 5.21. The zero-order valence-electron chi connectivity index (χ0n) is 21.4. The molecule has 11 heteroatoms. The van der Waals surface area contributed by atoms with E-state index in [0.717, 1.165) is 29.7 Å². The van der Waals surface area contributed by atoms with Gasteiger partial charge in [-0.2, -0.15) is 0 Å². The van der Waals surface area contributed by atoms with Crippen molar-refractivity contribution in [2.75, 3.05) is 18.4 Å². The van der Waals surface area contributed by atoms with Crippen LogP contribution in [0.3, 0.4) is 0 Å². The van der Waals surface area contributed by atoms with Crippen molar-refractivity contribution < 1.29 is 23.1 Å². The molecule has 1 aromatic carbocycles. The van der Waals surface area contributed by atoms with Crippen LogP contribution in [0.15, 0.2) is 47.3 Å². The molecule has 9 nitrogen and oxygen atoms in total. The van der Waals surface area contributed by atoms with Gasteiger partial charge in [0.05, 0.1) is 27.0 Å². The molecule has 1 saturated heterocycles. The predicted molar refractivity (Wildman–Crippen MR) is 141 cm³/mol. The van der Waals surface area contributed by atoms with Crippen LogP contribution in [0.4, 0.5) is 15.1 Å². The Morgan fingerprint density at radius 1 is 1.24 bits per heavy atom. The smallest absolute Gasteiger partial charge is 0.410 e. The molecule has 1 saturated carbocycles. The monoisotopic (exact) mass is 537 g/mol. The van der Waals surface area contributed by atoms with Crippen LogP contribution in [0.1, 0.15) is 55.7 Å². The molecule has 1 aliphatic heterocycles. The van der Waals surface area contributed by atoms with Gasteiger partial charge in [0.2, 0.25) is 5.95 Å². The Morgan fingerprint density at radius 3 is 2.79 bits per heavy atom. The molecule has 2 fully saturated rings. The third-order valence-electron chi connectivity index (χ3n) is 7.17. The molecule has 1 spiro atoms. The van der Waals surface area contributed by atoms with Gasteiger partial charge in [0.15, 0.2) is 12.2 Å². The average molecular weight is 538 g/mol. The van der Waals surface area contributed by atoms with Crippen molar-refractivity contribution in [2.45, 2.75) is 51.7 Å². The molecule has 2 amide bonds. The molecule has 198 valence electrons.